The van der Waals surface area contributed by atoms with Gasteiger partial charge in [-0.15, -0.1) is 0 Å². The number of benzene rings is 4. The van der Waals surface area contributed by atoms with Crippen molar-refractivity contribution in [1.82, 2.24) is 0 Å². The maximum absolute atomic E-state index is 5.95. The third kappa shape index (κ3) is 12.7. The zero-order valence-corrected chi connectivity index (χ0v) is 28.3. The molecule has 0 radical (unpaired) electrons. The van der Waals surface area contributed by atoms with Crippen molar-refractivity contribution in [3.8, 4) is 11.5 Å². The third-order valence-electron chi connectivity index (χ3n) is 8.50. The van der Waals surface area contributed by atoms with E-state index in [1.54, 1.807) is 0 Å². The number of hydrogen-bond acceptors (Lipinski definition) is 4. The topological polar surface area (TPSA) is 43.2 Å². The van der Waals surface area contributed by atoms with E-state index < -0.39 is 0 Å². The Bertz CT molecular complexity index is 1340. The fraction of sp³-hybridized carbons (Fsp3) is 0.381. The van der Waals surface area contributed by atoms with Gasteiger partial charge in [0.15, 0.2) is 0 Å². The van der Waals surface area contributed by atoms with Crippen LogP contribution < -0.4 is 9.47 Å². The van der Waals surface area contributed by atoms with Crippen molar-refractivity contribution in [2.75, 3.05) is 13.2 Å². The van der Waals surface area contributed by atoms with Crippen molar-refractivity contribution in [3.05, 3.63) is 119 Å². The van der Waals surface area contributed by atoms with Crippen LogP contribution in [0.5, 0.6) is 11.5 Å². The second-order valence-electron chi connectivity index (χ2n) is 12.5. The molecule has 0 N–H and O–H groups in total. The molecule has 0 fully saturated rings. The Labute approximate surface area is 277 Å². The monoisotopic (exact) mass is 616 g/mol. The number of rotatable bonds is 19. The molecule has 2 atom stereocenters. The summed E-state index contributed by atoms with van der Waals surface area (Å²) in [7, 11) is 0. The minimum atomic E-state index is 0.713. The molecule has 4 heteroatoms. The zero-order chi connectivity index (χ0) is 32.4. The fourth-order valence-electron chi connectivity index (χ4n) is 5.07. The molecule has 242 valence electrons. The van der Waals surface area contributed by atoms with Gasteiger partial charge in [-0.2, -0.15) is 0 Å². The van der Waals surface area contributed by atoms with Gasteiger partial charge in [0.2, 0.25) is 0 Å². The molecule has 4 rings (SSSR count). The molecule has 46 heavy (non-hydrogen) atoms. The first-order valence-corrected chi connectivity index (χ1v) is 17.2. The zero-order valence-electron chi connectivity index (χ0n) is 28.3. The van der Waals surface area contributed by atoms with Crippen LogP contribution in [0.4, 0.5) is 11.4 Å². The minimum Gasteiger partial charge on any atom is -0.494 e. The molecule has 4 nitrogen and oxygen atoms in total. The molecular formula is C42H52N2O2. The average molecular weight is 617 g/mol. The Balaban J connectivity index is 1.06. The second-order valence-corrected chi connectivity index (χ2v) is 12.5. The predicted molar refractivity (Wildman–Crippen MR) is 196 cm³/mol. The summed E-state index contributed by atoms with van der Waals surface area (Å²) in [5, 5.41) is 0. The lowest BCUT2D eigenvalue weighted by molar-refractivity contribution is 0.287. The maximum atomic E-state index is 5.95. The van der Waals surface area contributed by atoms with E-state index in [4.69, 9.17) is 9.47 Å². The van der Waals surface area contributed by atoms with E-state index in [2.05, 4.69) is 110 Å². The summed E-state index contributed by atoms with van der Waals surface area (Å²) in [5.74, 6) is 3.23. The van der Waals surface area contributed by atoms with Crippen LogP contribution in [0, 0.1) is 11.8 Å². The highest BCUT2D eigenvalue weighted by molar-refractivity contribution is 5.82. The average Bonchev–Trinajstić information content (AvgIpc) is 3.09. The molecule has 0 heterocycles. The van der Waals surface area contributed by atoms with Gasteiger partial charge < -0.3 is 9.47 Å². The largest absolute Gasteiger partial charge is 0.494 e. The van der Waals surface area contributed by atoms with Crippen LogP contribution in [0.25, 0.3) is 0 Å². The summed E-state index contributed by atoms with van der Waals surface area (Å²) in [6, 6.07) is 33.5. The fourth-order valence-corrected chi connectivity index (χ4v) is 5.07. The summed E-state index contributed by atoms with van der Waals surface area (Å²) in [6.07, 6.45) is 12.8. The van der Waals surface area contributed by atoms with Crippen LogP contribution in [-0.2, 0) is 12.8 Å². The number of aliphatic imine (C=N–C) groups is 2. The molecular weight excluding hydrogens is 564 g/mol. The van der Waals surface area contributed by atoms with Crippen LogP contribution in [0.15, 0.2) is 107 Å². The predicted octanol–water partition coefficient (Wildman–Crippen LogP) is 11.4. The van der Waals surface area contributed by atoms with Gasteiger partial charge in [0.1, 0.15) is 11.5 Å². The Hall–Kier alpha value is -4.18. The van der Waals surface area contributed by atoms with Gasteiger partial charge >= 0.3 is 0 Å². The number of ether oxygens (including phenoxy) is 2. The first-order valence-electron chi connectivity index (χ1n) is 17.2. The molecule has 0 amide bonds. The second kappa shape index (κ2) is 19.4. The lowest BCUT2D eigenvalue weighted by atomic mass is 9.99. The van der Waals surface area contributed by atoms with E-state index in [9.17, 15) is 0 Å². The summed E-state index contributed by atoms with van der Waals surface area (Å²) < 4.78 is 11.9. The van der Waals surface area contributed by atoms with Crippen LogP contribution in [0.3, 0.4) is 0 Å². The van der Waals surface area contributed by atoms with Crippen LogP contribution in [0.1, 0.15) is 88.5 Å². The van der Waals surface area contributed by atoms with Gasteiger partial charge in [0.25, 0.3) is 0 Å². The first-order chi connectivity index (χ1) is 22.5. The quantitative estimate of drug-likeness (QED) is 0.0777. The highest BCUT2D eigenvalue weighted by Gasteiger charge is 2.03. The van der Waals surface area contributed by atoms with Crippen molar-refractivity contribution >= 4 is 23.8 Å². The Morgan fingerprint density at radius 1 is 0.500 bits per heavy atom. The normalized spacial score (nSPS) is 12.9. The van der Waals surface area contributed by atoms with E-state index in [1.165, 1.54) is 24.0 Å². The molecule has 0 saturated carbocycles. The Morgan fingerprint density at radius 2 is 0.870 bits per heavy atom. The van der Waals surface area contributed by atoms with E-state index in [-0.39, 0.29) is 0 Å². The maximum Gasteiger partial charge on any atom is 0.119 e. The van der Waals surface area contributed by atoms with E-state index in [0.29, 0.717) is 11.8 Å². The molecule has 0 aliphatic rings. The van der Waals surface area contributed by atoms with Crippen molar-refractivity contribution in [3.63, 3.8) is 0 Å². The highest BCUT2D eigenvalue weighted by Crippen LogP contribution is 2.20. The van der Waals surface area contributed by atoms with Gasteiger partial charge in [0.05, 0.1) is 24.6 Å². The molecule has 0 unspecified atom stereocenters. The minimum absolute atomic E-state index is 0.713. The molecule has 4 aromatic carbocycles. The molecule has 4 aromatic rings. The van der Waals surface area contributed by atoms with E-state index in [0.717, 1.165) is 85.7 Å². The summed E-state index contributed by atoms with van der Waals surface area (Å²) in [6.45, 7) is 10.5. The number of nitrogens with zero attached hydrogens (tertiary/aromatic N) is 2. The van der Waals surface area contributed by atoms with Gasteiger partial charge in [-0.1, -0.05) is 64.8 Å². The molecule has 0 aliphatic heterocycles. The van der Waals surface area contributed by atoms with Gasteiger partial charge in [-0.25, -0.2) is 0 Å². The van der Waals surface area contributed by atoms with Gasteiger partial charge in [-0.05, 0) is 145 Å². The number of hydrogen-bond donors (Lipinski definition) is 0. The molecule has 0 saturated heterocycles. The highest BCUT2D eigenvalue weighted by atomic mass is 16.5. The lowest BCUT2D eigenvalue weighted by Crippen LogP contribution is -2.00. The van der Waals surface area contributed by atoms with Crippen LogP contribution in [-0.4, -0.2) is 25.6 Å². The van der Waals surface area contributed by atoms with Crippen molar-refractivity contribution < 1.29 is 9.47 Å². The first kappa shape index (κ1) is 34.7. The number of unbranched alkanes of at least 4 members (excludes halogenated alkanes) is 3. The standard InChI is InChI=1S/C42H52N2O2/c1-5-33(3)29-35-11-19-39(20-12-35)43-31-37-15-23-41(24-16-37)45-27-9-7-8-10-28-46-42-25-17-38(18-26-42)32-44-40-21-13-36(14-22-40)30-34(4)6-2/h11-26,31-34H,5-10,27-30H2,1-4H3/t33-,34-/m0/s1. The van der Waals surface area contributed by atoms with Crippen molar-refractivity contribution in [1.29, 1.82) is 0 Å². The van der Waals surface area contributed by atoms with Crippen LogP contribution >= 0.6 is 0 Å². The molecule has 0 aliphatic carbocycles. The molecule has 0 bridgehead atoms. The van der Waals surface area contributed by atoms with Crippen LogP contribution in [0.2, 0.25) is 0 Å². The third-order valence-corrected chi connectivity index (χ3v) is 8.50. The lowest BCUT2D eigenvalue weighted by Gasteiger charge is -2.08. The van der Waals surface area contributed by atoms with Gasteiger partial charge in [0, 0.05) is 12.4 Å². The van der Waals surface area contributed by atoms with Crippen molar-refractivity contribution in [2.24, 2.45) is 21.8 Å². The van der Waals surface area contributed by atoms with E-state index in [1.807, 2.05) is 36.7 Å². The van der Waals surface area contributed by atoms with E-state index >= 15 is 0 Å². The summed E-state index contributed by atoms with van der Waals surface area (Å²) in [4.78, 5) is 9.25. The Morgan fingerprint density at radius 3 is 1.22 bits per heavy atom. The van der Waals surface area contributed by atoms with Crippen molar-refractivity contribution in [2.45, 2.75) is 79.1 Å². The molecule has 0 spiro atoms. The Kier molecular flexibility index (Phi) is 14.6. The SMILES string of the molecule is CC[C@H](C)Cc1ccc(N=Cc2ccc(OCCCCCCOc3ccc(C=Nc4ccc(C[C@@H](C)CC)cc4)cc3)cc2)cc1. The summed E-state index contributed by atoms with van der Waals surface area (Å²) >= 11 is 0. The smallest absolute Gasteiger partial charge is 0.119 e. The molecule has 0 aromatic heterocycles. The summed E-state index contributed by atoms with van der Waals surface area (Å²) in [5.41, 5.74) is 6.84. The van der Waals surface area contributed by atoms with Gasteiger partial charge in [-0.3, -0.25) is 9.98 Å².